The Bertz CT molecular complexity index is 3040. The third-order valence-electron chi connectivity index (χ3n) is 11.9. The summed E-state index contributed by atoms with van der Waals surface area (Å²) >= 11 is 0. The van der Waals surface area contributed by atoms with E-state index in [1.807, 2.05) is 6.07 Å². The van der Waals surface area contributed by atoms with Crippen LogP contribution in [0, 0.1) is 0 Å². The lowest BCUT2D eigenvalue weighted by molar-refractivity contribution is 0.856. The zero-order valence-corrected chi connectivity index (χ0v) is 31.4. The van der Waals surface area contributed by atoms with Gasteiger partial charge < -0.3 is 0 Å². The van der Waals surface area contributed by atoms with E-state index in [0.717, 1.165) is 46.8 Å². The summed E-state index contributed by atoms with van der Waals surface area (Å²) in [6, 6.07) is 65.9. The lowest BCUT2D eigenvalue weighted by Crippen LogP contribution is -2.02. The summed E-state index contributed by atoms with van der Waals surface area (Å²) < 4.78 is 0. The fourth-order valence-electron chi connectivity index (χ4n) is 9.09. The highest BCUT2D eigenvalue weighted by atomic mass is 14.9. The first-order chi connectivity index (χ1) is 28.2. The van der Waals surface area contributed by atoms with Crippen molar-refractivity contribution in [1.82, 2.24) is 9.97 Å². The van der Waals surface area contributed by atoms with E-state index in [1.165, 1.54) is 71.6 Å². The van der Waals surface area contributed by atoms with E-state index in [2.05, 4.69) is 194 Å². The van der Waals surface area contributed by atoms with Crippen molar-refractivity contribution in [3.63, 3.8) is 0 Å². The Labute approximate surface area is 333 Å². The number of aromatic nitrogens is 2. The number of fused-ring (bicyclic) bond motifs is 6. The first-order valence-electron chi connectivity index (χ1n) is 19.9. The van der Waals surface area contributed by atoms with Gasteiger partial charge in [0.25, 0.3) is 0 Å². The molecule has 8 aromatic carbocycles. The molecule has 2 aliphatic carbocycles. The number of nitrogens with zero attached hydrogens (tertiary/aromatic N) is 2. The average molecular weight is 727 g/mol. The summed E-state index contributed by atoms with van der Waals surface area (Å²) in [4.78, 5) is 10.3. The summed E-state index contributed by atoms with van der Waals surface area (Å²) in [6.07, 6.45) is 8.76. The molecule has 1 unspecified atom stereocenters. The van der Waals surface area contributed by atoms with Crippen LogP contribution in [-0.2, 0) is 6.42 Å². The van der Waals surface area contributed by atoms with Crippen LogP contribution in [0.25, 0.3) is 83.1 Å². The molecular formula is C55H38N2. The van der Waals surface area contributed by atoms with Gasteiger partial charge in [0.05, 0.1) is 11.4 Å². The normalized spacial score (nSPS) is 14.4. The van der Waals surface area contributed by atoms with Crippen LogP contribution < -0.4 is 0 Å². The van der Waals surface area contributed by atoms with E-state index >= 15 is 0 Å². The van der Waals surface area contributed by atoms with Gasteiger partial charge in [0, 0.05) is 17.0 Å². The molecule has 0 saturated heterocycles. The first kappa shape index (κ1) is 33.2. The molecule has 0 spiro atoms. The van der Waals surface area contributed by atoms with E-state index < -0.39 is 0 Å². The highest BCUT2D eigenvalue weighted by Crippen LogP contribution is 2.49. The second-order valence-electron chi connectivity index (χ2n) is 15.2. The molecule has 0 fully saturated rings. The number of allylic oxidation sites excluding steroid dienone is 4. The molecule has 2 heteroatoms. The first-order valence-corrected chi connectivity index (χ1v) is 19.9. The van der Waals surface area contributed by atoms with Crippen LogP contribution in [0.2, 0.25) is 0 Å². The maximum atomic E-state index is 5.16. The zero-order chi connectivity index (χ0) is 37.7. The fraction of sp³-hybridized carbons (Fsp3) is 0.0545. The maximum Gasteiger partial charge on any atom is 0.160 e. The third-order valence-corrected chi connectivity index (χ3v) is 11.9. The predicted octanol–water partition coefficient (Wildman–Crippen LogP) is 14.1. The van der Waals surface area contributed by atoms with Crippen molar-refractivity contribution in [2.45, 2.75) is 18.8 Å². The van der Waals surface area contributed by atoms with Crippen molar-refractivity contribution < 1.29 is 0 Å². The molecule has 1 atom stereocenters. The Morgan fingerprint density at radius 3 is 1.96 bits per heavy atom. The van der Waals surface area contributed by atoms with Crippen molar-refractivity contribution in [1.29, 1.82) is 0 Å². The van der Waals surface area contributed by atoms with Crippen LogP contribution in [0.5, 0.6) is 0 Å². The van der Waals surface area contributed by atoms with Crippen molar-refractivity contribution in [2.24, 2.45) is 0 Å². The molecule has 2 nitrogen and oxygen atoms in total. The van der Waals surface area contributed by atoms with Crippen LogP contribution >= 0.6 is 0 Å². The van der Waals surface area contributed by atoms with E-state index in [9.17, 15) is 0 Å². The standard InChI is InChI=1S/C55H38N2/c1-3-14-36(15-4-1)41-20-11-21-42(32-41)53-35-52(56-55(57-53)40-17-5-2-6-18-40)39-30-28-38(29-31-39)45-26-13-22-43-33-49-47-24-9-10-25-48(47)50(34-51(49)54(43)45)46-27-12-19-37-16-7-8-23-44(37)46/h1-19,21-32,34-35,41H,20,33H2. The predicted molar refractivity (Wildman–Crippen MR) is 238 cm³/mol. The summed E-state index contributed by atoms with van der Waals surface area (Å²) in [5.41, 5.74) is 16.8. The quantitative estimate of drug-likeness (QED) is 0.170. The second kappa shape index (κ2) is 13.8. The molecule has 0 radical (unpaired) electrons. The Morgan fingerprint density at radius 1 is 0.456 bits per heavy atom. The molecule has 0 amide bonds. The van der Waals surface area contributed by atoms with Crippen LogP contribution in [0.4, 0.5) is 0 Å². The van der Waals surface area contributed by atoms with Gasteiger partial charge in [0.15, 0.2) is 5.82 Å². The Morgan fingerprint density at radius 2 is 1.12 bits per heavy atom. The average Bonchev–Trinajstić information content (AvgIpc) is 3.68. The van der Waals surface area contributed by atoms with E-state index in [4.69, 9.17) is 9.97 Å². The number of hydrogen-bond donors (Lipinski definition) is 0. The molecule has 9 aromatic rings. The van der Waals surface area contributed by atoms with Gasteiger partial charge in [0.1, 0.15) is 0 Å². The smallest absolute Gasteiger partial charge is 0.160 e. The molecule has 1 aromatic heterocycles. The minimum Gasteiger partial charge on any atom is -0.228 e. The monoisotopic (exact) mass is 726 g/mol. The van der Waals surface area contributed by atoms with Crippen molar-refractivity contribution in [3.05, 3.63) is 223 Å². The van der Waals surface area contributed by atoms with E-state index in [1.54, 1.807) is 0 Å². The molecule has 268 valence electrons. The minimum absolute atomic E-state index is 0.308. The van der Waals surface area contributed by atoms with Crippen LogP contribution in [0.1, 0.15) is 34.7 Å². The topological polar surface area (TPSA) is 25.8 Å². The molecule has 1 heterocycles. The van der Waals surface area contributed by atoms with Gasteiger partial charge in [-0.2, -0.15) is 0 Å². The molecular weight excluding hydrogens is 689 g/mol. The second-order valence-corrected chi connectivity index (χ2v) is 15.2. The highest BCUT2D eigenvalue weighted by molar-refractivity contribution is 6.10. The molecule has 2 aliphatic rings. The largest absolute Gasteiger partial charge is 0.228 e. The van der Waals surface area contributed by atoms with Gasteiger partial charge in [-0.3, -0.25) is 0 Å². The third kappa shape index (κ3) is 5.89. The lowest BCUT2D eigenvalue weighted by Gasteiger charge is -2.18. The summed E-state index contributed by atoms with van der Waals surface area (Å²) in [5, 5.41) is 5.18. The molecule has 0 aliphatic heterocycles. The molecule has 11 rings (SSSR count). The molecule has 57 heavy (non-hydrogen) atoms. The van der Waals surface area contributed by atoms with Crippen molar-refractivity contribution in [3.8, 4) is 56.0 Å². The Kier molecular flexibility index (Phi) is 8.07. The summed E-state index contributed by atoms with van der Waals surface area (Å²) in [6.45, 7) is 0. The van der Waals surface area contributed by atoms with Crippen LogP contribution in [-0.4, -0.2) is 9.97 Å². The Balaban J connectivity index is 1.01. The van der Waals surface area contributed by atoms with Gasteiger partial charge in [-0.15, -0.1) is 0 Å². The maximum absolute atomic E-state index is 5.16. The molecule has 0 bridgehead atoms. The van der Waals surface area contributed by atoms with E-state index in [0.29, 0.717) is 5.92 Å². The van der Waals surface area contributed by atoms with E-state index in [-0.39, 0.29) is 0 Å². The number of rotatable bonds is 6. The van der Waals surface area contributed by atoms with Gasteiger partial charge >= 0.3 is 0 Å². The summed E-state index contributed by atoms with van der Waals surface area (Å²) in [7, 11) is 0. The number of benzene rings is 8. The van der Waals surface area contributed by atoms with Crippen molar-refractivity contribution >= 4 is 27.1 Å². The zero-order valence-electron chi connectivity index (χ0n) is 31.4. The van der Waals surface area contributed by atoms with Gasteiger partial charge in [0.2, 0.25) is 0 Å². The lowest BCUT2D eigenvalue weighted by atomic mass is 9.87. The van der Waals surface area contributed by atoms with Gasteiger partial charge in [-0.25, -0.2) is 9.97 Å². The molecule has 0 saturated carbocycles. The van der Waals surface area contributed by atoms with Crippen molar-refractivity contribution in [2.75, 3.05) is 0 Å². The summed E-state index contributed by atoms with van der Waals surface area (Å²) in [5.74, 6) is 1.04. The van der Waals surface area contributed by atoms with Crippen LogP contribution in [0.3, 0.4) is 0 Å². The molecule has 0 N–H and O–H groups in total. The van der Waals surface area contributed by atoms with Crippen LogP contribution in [0.15, 0.2) is 200 Å². The number of hydrogen-bond acceptors (Lipinski definition) is 2. The van der Waals surface area contributed by atoms with Gasteiger partial charge in [-0.1, -0.05) is 188 Å². The minimum atomic E-state index is 0.308. The van der Waals surface area contributed by atoms with Gasteiger partial charge in [-0.05, 0) is 102 Å². The SMILES string of the molecule is C1=CC(c2cc(-c3ccc(-c4cccc5c4-c4cc(-c6cccc7ccccc67)c6ccccc6c4C5)cc3)nc(-c3ccccc3)n2)=CC(c2ccccc2)C1. The fourth-order valence-corrected chi connectivity index (χ4v) is 9.09. The highest BCUT2D eigenvalue weighted by Gasteiger charge is 2.26. The Hall–Kier alpha value is -7.16.